The van der Waals surface area contributed by atoms with Gasteiger partial charge in [-0.1, -0.05) is 13.3 Å². The fourth-order valence-electron chi connectivity index (χ4n) is 3.86. The Labute approximate surface area is 116 Å². The molecule has 0 aromatic carbocycles. The van der Waals surface area contributed by atoms with Crippen LogP contribution in [0.1, 0.15) is 50.4 Å². The van der Waals surface area contributed by atoms with Gasteiger partial charge in [-0.15, -0.1) is 0 Å². The van der Waals surface area contributed by atoms with Crippen LogP contribution in [0.25, 0.3) is 0 Å². The minimum atomic E-state index is 0.825. The molecule has 2 unspecified atom stereocenters. The van der Waals surface area contributed by atoms with Crippen molar-refractivity contribution < 1.29 is 4.42 Å². The molecule has 3 heteroatoms. The Balaban J connectivity index is 1.65. The van der Waals surface area contributed by atoms with E-state index in [1.807, 2.05) is 6.26 Å². The summed E-state index contributed by atoms with van der Waals surface area (Å²) in [6.45, 7) is 6.36. The zero-order chi connectivity index (χ0) is 13.1. The van der Waals surface area contributed by atoms with Gasteiger partial charge in [0.05, 0.1) is 12.8 Å². The highest BCUT2D eigenvalue weighted by Gasteiger charge is 2.35. The van der Waals surface area contributed by atoms with Gasteiger partial charge in [0.15, 0.2) is 0 Å². The average Bonchev–Trinajstić information content (AvgIpc) is 3.05. The van der Waals surface area contributed by atoms with Crippen LogP contribution in [0.4, 0.5) is 0 Å². The molecule has 2 atom stereocenters. The zero-order valence-corrected chi connectivity index (χ0v) is 12.0. The van der Waals surface area contributed by atoms with Crippen LogP contribution in [0.3, 0.4) is 0 Å². The molecule has 0 bridgehead atoms. The Hall–Kier alpha value is -0.800. The van der Waals surface area contributed by atoms with Crippen LogP contribution in [0.2, 0.25) is 0 Å². The van der Waals surface area contributed by atoms with Gasteiger partial charge in [0, 0.05) is 18.2 Å². The molecule has 2 aliphatic rings. The van der Waals surface area contributed by atoms with Gasteiger partial charge in [0.25, 0.3) is 0 Å². The van der Waals surface area contributed by atoms with Gasteiger partial charge >= 0.3 is 0 Å². The van der Waals surface area contributed by atoms with E-state index in [-0.39, 0.29) is 0 Å². The van der Waals surface area contributed by atoms with Crippen LogP contribution >= 0.6 is 0 Å². The first-order valence-corrected chi connectivity index (χ1v) is 7.88. The lowest BCUT2D eigenvalue weighted by Gasteiger charge is -2.37. The molecule has 3 nitrogen and oxygen atoms in total. The third-order valence-corrected chi connectivity index (χ3v) is 4.86. The molecular formula is C16H26N2O. The van der Waals surface area contributed by atoms with Crippen LogP contribution in [0.15, 0.2) is 16.7 Å². The molecule has 1 aliphatic heterocycles. The number of furan rings is 1. The average molecular weight is 262 g/mol. The Kier molecular flexibility index (Phi) is 4.24. The molecule has 106 valence electrons. The van der Waals surface area contributed by atoms with Gasteiger partial charge in [-0.05, 0) is 50.8 Å². The molecule has 3 rings (SSSR count). The second-order valence-electron chi connectivity index (χ2n) is 6.02. The molecule has 1 aromatic rings. The van der Waals surface area contributed by atoms with Crippen LogP contribution < -0.4 is 5.32 Å². The summed E-state index contributed by atoms with van der Waals surface area (Å²) in [6, 6.07) is 2.94. The smallest absolute Gasteiger partial charge is 0.122 e. The van der Waals surface area contributed by atoms with Crippen molar-refractivity contribution in [2.75, 3.05) is 13.1 Å². The summed E-state index contributed by atoms with van der Waals surface area (Å²) in [5, 5.41) is 3.40. The van der Waals surface area contributed by atoms with Gasteiger partial charge in [-0.2, -0.15) is 0 Å². The van der Waals surface area contributed by atoms with Crippen LogP contribution in [0.5, 0.6) is 0 Å². The molecule has 0 spiro atoms. The zero-order valence-electron chi connectivity index (χ0n) is 12.0. The quantitative estimate of drug-likeness (QED) is 0.883. The second kappa shape index (κ2) is 6.10. The van der Waals surface area contributed by atoms with Crippen molar-refractivity contribution in [2.45, 2.75) is 58.2 Å². The molecule has 19 heavy (non-hydrogen) atoms. The van der Waals surface area contributed by atoms with E-state index in [0.717, 1.165) is 31.6 Å². The van der Waals surface area contributed by atoms with E-state index >= 15 is 0 Å². The fourth-order valence-corrected chi connectivity index (χ4v) is 3.86. The fraction of sp³-hybridized carbons (Fsp3) is 0.750. The summed E-state index contributed by atoms with van der Waals surface area (Å²) in [6.07, 6.45) is 8.93. The molecule has 0 amide bonds. The van der Waals surface area contributed by atoms with Gasteiger partial charge in [-0.3, -0.25) is 4.90 Å². The van der Waals surface area contributed by atoms with Crippen molar-refractivity contribution >= 4 is 0 Å². The first-order valence-electron chi connectivity index (χ1n) is 7.88. The molecule has 1 saturated carbocycles. The summed E-state index contributed by atoms with van der Waals surface area (Å²) in [5.74, 6) is 2.13. The third kappa shape index (κ3) is 2.87. The SMILES string of the molecule is CCNCc1ccoc1CN1CCCC2CCCC21. The molecular weight excluding hydrogens is 236 g/mol. The predicted molar refractivity (Wildman–Crippen MR) is 76.9 cm³/mol. The third-order valence-electron chi connectivity index (χ3n) is 4.86. The highest BCUT2D eigenvalue weighted by atomic mass is 16.3. The van der Waals surface area contributed by atoms with Crippen molar-refractivity contribution in [3.05, 3.63) is 23.7 Å². The van der Waals surface area contributed by atoms with Crippen LogP contribution in [-0.4, -0.2) is 24.0 Å². The first kappa shape index (κ1) is 13.2. The number of rotatable bonds is 5. The van der Waals surface area contributed by atoms with Crippen molar-refractivity contribution in [3.63, 3.8) is 0 Å². The lowest BCUT2D eigenvalue weighted by molar-refractivity contribution is 0.0975. The van der Waals surface area contributed by atoms with Crippen LogP contribution in [0, 0.1) is 5.92 Å². The maximum Gasteiger partial charge on any atom is 0.122 e. The van der Waals surface area contributed by atoms with E-state index in [2.05, 4.69) is 23.2 Å². The van der Waals surface area contributed by atoms with Crippen molar-refractivity contribution in [2.24, 2.45) is 5.92 Å². The summed E-state index contributed by atoms with van der Waals surface area (Å²) in [5.41, 5.74) is 1.34. The van der Waals surface area contributed by atoms with Gasteiger partial charge < -0.3 is 9.73 Å². The number of hydrogen-bond donors (Lipinski definition) is 1. The van der Waals surface area contributed by atoms with E-state index in [1.54, 1.807) is 0 Å². The molecule has 0 radical (unpaired) electrons. The number of likely N-dealkylation sites (tertiary alicyclic amines) is 1. The predicted octanol–water partition coefficient (Wildman–Crippen LogP) is 3.15. The van der Waals surface area contributed by atoms with Gasteiger partial charge in [0.1, 0.15) is 5.76 Å². The van der Waals surface area contributed by atoms with Crippen molar-refractivity contribution in [1.82, 2.24) is 10.2 Å². The molecule has 1 aromatic heterocycles. The second-order valence-corrected chi connectivity index (χ2v) is 6.02. The number of fused-ring (bicyclic) bond motifs is 1. The maximum atomic E-state index is 5.73. The van der Waals surface area contributed by atoms with Crippen LogP contribution in [-0.2, 0) is 13.1 Å². The van der Waals surface area contributed by atoms with Gasteiger partial charge in [-0.25, -0.2) is 0 Å². The molecule has 2 fully saturated rings. The molecule has 1 aliphatic carbocycles. The summed E-state index contributed by atoms with van der Waals surface area (Å²) >= 11 is 0. The Morgan fingerprint density at radius 2 is 2.21 bits per heavy atom. The maximum absolute atomic E-state index is 5.73. The van der Waals surface area contributed by atoms with E-state index in [0.29, 0.717) is 0 Å². The minimum absolute atomic E-state index is 0.825. The highest BCUT2D eigenvalue weighted by molar-refractivity contribution is 5.17. The first-order chi connectivity index (χ1) is 9.38. The van der Waals surface area contributed by atoms with E-state index in [9.17, 15) is 0 Å². The normalized spacial score (nSPS) is 27.6. The van der Waals surface area contributed by atoms with E-state index in [1.165, 1.54) is 50.0 Å². The lowest BCUT2D eigenvalue weighted by Crippen LogP contribution is -2.42. The highest BCUT2D eigenvalue weighted by Crippen LogP contribution is 2.37. The molecule has 1 N–H and O–H groups in total. The summed E-state index contributed by atoms with van der Waals surface area (Å²) in [7, 11) is 0. The van der Waals surface area contributed by atoms with Gasteiger partial charge in [0.2, 0.25) is 0 Å². The molecule has 2 heterocycles. The lowest BCUT2D eigenvalue weighted by atomic mass is 9.92. The van der Waals surface area contributed by atoms with Crippen molar-refractivity contribution in [1.29, 1.82) is 0 Å². The Morgan fingerprint density at radius 1 is 1.32 bits per heavy atom. The number of nitrogens with zero attached hydrogens (tertiary/aromatic N) is 1. The topological polar surface area (TPSA) is 28.4 Å². The Bertz CT molecular complexity index is 401. The summed E-state index contributed by atoms with van der Waals surface area (Å²) < 4.78 is 5.73. The van der Waals surface area contributed by atoms with E-state index in [4.69, 9.17) is 4.42 Å². The standard InChI is InChI=1S/C16H26N2O/c1-2-17-11-14-8-10-19-16(14)12-18-9-4-6-13-5-3-7-15(13)18/h8,10,13,15,17H,2-7,9,11-12H2,1H3. The monoisotopic (exact) mass is 262 g/mol. The van der Waals surface area contributed by atoms with E-state index < -0.39 is 0 Å². The number of nitrogens with one attached hydrogen (secondary N) is 1. The number of piperidine rings is 1. The Morgan fingerprint density at radius 3 is 3.11 bits per heavy atom. The minimum Gasteiger partial charge on any atom is -0.468 e. The molecule has 1 saturated heterocycles. The van der Waals surface area contributed by atoms with Crippen molar-refractivity contribution in [3.8, 4) is 0 Å². The summed E-state index contributed by atoms with van der Waals surface area (Å²) in [4.78, 5) is 2.68. The number of hydrogen-bond acceptors (Lipinski definition) is 3. The largest absolute Gasteiger partial charge is 0.468 e.